The molecule has 9 nitrogen and oxygen atoms in total. The highest BCUT2D eigenvalue weighted by Crippen LogP contribution is 2.32. The molecule has 1 amide bonds. The van der Waals surface area contributed by atoms with E-state index < -0.39 is 16.0 Å². The van der Waals surface area contributed by atoms with Crippen molar-refractivity contribution in [3.63, 3.8) is 0 Å². The van der Waals surface area contributed by atoms with Gasteiger partial charge in [0.1, 0.15) is 11.5 Å². The number of carbonyl (C=O) groups excluding carboxylic acids is 2. The van der Waals surface area contributed by atoms with Gasteiger partial charge in [-0.3, -0.25) is 4.79 Å². The Hall–Kier alpha value is -3.70. The molecule has 0 N–H and O–H groups in total. The van der Waals surface area contributed by atoms with Crippen LogP contribution in [0.1, 0.15) is 36.5 Å². The van der Waals surface area contributed by atoms with Gasteiger partial charge >= 0.3 is 5.97 Å². The second-order valence-electron chi connectivity index (χ2n) is 9.71. The Bertz CT molecular complexity index is 1610. The minimum atomic E-state index is -3.94. The summed E-state index contributed by atoms with van der Waals surface area (Å²) < 4.78 is 45.0. The van der Waals surface area contributed by atoms with E-state index in [4.69, 9.17) is 25.5 Å². The lowest BCUT2D eigenvalue weighted by molar-refractivity contribution is -0.138. The first kappa shape index (κ1) is 31.2. The number of aryl methyl sites for hydroxylation is 1. The van der Waals surface area contributed by atoms with E-state index in [1.807, 2.05) is 31.2 Å². The number of rotatable bonds is 12. The van der Waals surface area contributed by atoms with Crippen LogP contribution in [0.4, 0.5) is 0 Å². The number of benzene rings is 2. The summed E-state index contributed by atoms with van der Waals surface area (Å²) in [6.45, 7) is 6.06. The highest BCUT2D eigenvalue weighted by Gasteiger charge is 2.37. The number of furan rings is 1. The summed E-state index contributed by atoms with van der Waals surface area (Å²) in [6.07, 6.45) is 1.48. The van der Waals surface area contributed by atoms with Crippen molar-refractivity contribution in [3.05, 3.63) is 105 Å². The van der Waals surface area contributed by atoms with E-state index in [1.54, 1.807) is 26.0 Å². The van der Waals surface area contributed by atoms with Gasteiger partial charge < -0.3 is 18.8 Å². The molecule has 0 radical (unpaired) electrons. The minimum Gasteiger partial charge on any atom is -0.462 e. The van der Waals surface area contributed by atoms with Crippen LogP contribution in [-0.4, -0.2) is 56.4 Å². The molecule has 0 fully saturated rings. The van der Waals surface area contributed by atoms with Crippen LogP contribution in [0.15, 0.2) is 86.8 Å². The monoisotopic (exact) mass is 612 g/mol. The van der Waals surface area contributed by atoms with Crippen LogP contribution in [-0.2, 0) is 42.2 Å². The second kappa shape index (κ2) is 13.5. The number of hydrogen-bond acceptors (Lipinski definition) is 7. The first-order valence-electron chi connectivity index (χ1n) is 13.4. The maximum Gasteiger partial charge on any atom is 0.340 e. The SMILES string of the molecule is CCOC(=O)C1=C(C)N(CCOC)C(=O)/C1=C/c1ccc(CN(Cc2ccc(C)cc2)S(=O)(=O)c2ccc(Cl)cc2)o1. The molecule has 0 bridgehead atoms. The highest BCUT2D eigenvalue weighted by atomic mass is 35.5. The Balaban J connectivity index is 1.66. The number of carbonyl (C=O) groups is 2. The van der Waals surface area contributed by atoms with Crippen LogP contribution in [0.3, 0.4) is 0 Å². The van der Waals surface area contributed by atoms with Gasteiger partial charge in [-0.25, -0.2) is 13.2 Å². The van der Waals surface area contributed by atoms with Gasteiger partial charge in [0.15, 0.2) is 0 Å². The number of nitrogens with zero attached hydrogens (tertiary/aromatic N) is 2. The Morgan fingerprint density at radius 2 is 1.71 bits per heavy atom. The lowest BCUT2D eigenvalue weighted by atomic mass is 10.1. The fourth-order valence-corrected chi connectivity index (χ4v) is 6.05. The number of methoxy groups -OCH3 is 1. The normalized spacial score (nSPS) is 14.9. The number of amides is 1. The Morgan fingerprint density at radius 3 is 2.36 bits per heavy atom. The van der Waals surface area contributed by atoms with E-state index in [2.05, 4.69) is 0 Å². The molecule has 4 rings (SSSR count). The molecule has 0 spiro atoms. The quantitative estimate of drug-likeness (QED) is 0.201. The van der Waals surface area contributed by atoms with Gasteiger partial charge in [-0.15, -0.1) is 0 Å². The van der Waals surface area contributed by atoms with E-state index in [0.29, 0.717) is 16.5 Å². The Labute approximate surface area is 251 Å². The summed E-state index contributed by atoms with van der Waals surface area (Å²) in [5.74, 6) is -0.348. The van der Waals surface area contributed by atoms with E-state index in [-0.39, 0.29) is 60.6 Å². The maximum atomic E-state index is 13.7. The zero-order valence-electron chi connectivity index (χ0n) is 23.9. The number of allylic oxidation sites excluding steroid dienone is 1. The van der Waals surface area contributed by atoms with Gasteiger partial charge in [-0.2, -0.15) is 4.31 Å². The molecule has 42 heavy (non-hydrogen) atoms. The molecule has 2 aromatic carbocycles. The fraction of sp³-hybridized carbons (Fsp3) is 0.290. The van der Waals surface area contributed by atoms with Crippen molar-refractivity contribution < 1.29 is 31.9 Å². The number of ether oxygens (including phenoxy) is 2. The molecule has 1 aliphatic rings. The number of esters is 1. The van der Waals surface area contributed by atoms with Crippen LogP contribution in [0.5, 0.6) is 0 Å². The molecule has 0 unspecified atom stereocenters. The summed E-state index contributed by atoms with van der Waals surface area (Å²) in [5, 5.41) is 0.427. The molecule has 11 heteroatoms. The molecule has 2 heterocycles. The number of halogens is 1. The maximum absolute atomic E-state index is 13.7. The van der Waals surface area contributed by atoms with Crippen molar-refractivity contribution in [1.82, 2.24) is 9.21 Å². The molecule has 1 aromatic heterocycles. The Morgan fingerprint density at radius 1 is 1.02 bits per heavy atom. The molecule has 1 aliphatic heterocycles. The van der Waals surface area contributed by atoms with Crippen molar-refractivity contribution >= 4 is 39.6 Å². The molecule has 0 saturated carbocycles. The van der Waals surface area contributed by atoms with Gasteiger partial charge in [0.2, 0.25) is 10.0 Å². The average molecular weight is 613 g/mol. The first-order valence-corrected chi connectivity index (χ1v) is 15.2. The third-order valence-corrected chi connectivity index (χ3v) is 8.80. The van der Waals surface area contributed by atoms with E-state index >= 15 is 0 Å². The van der Waals surface area contributed by atoms with Crippen molar-refractivity contribution in [2.75, 3.05) is 26.9 Å². The van der Waals surface area contributed by atoms with Gasteiger partial charge in [0.05, 0.1) is 35.8 Å². The van der Waals surface area contributed by atoms with Crippen molar-refractivity contribution in [2.45, 2.75) is 38.8 Å². The predicted molar refractivity (Wildman–Crippen MR) is 159 cm³/mol. The van der Waals surface area contributed by atoms with Gasteiger partial charge in [-0.1, -0.05) is 41.4 Å². The van der Waals surface area contributed by atoms with Crippen molar-refractivity contribution in [2.24, 2.45) is 0 Å². The largest absolute Gasteiger partial charge is 0.462 e. The smallest absolute Gasteiger partial charge is 0.340 e. The van der Waals surface area contributed by atoms with Crippen LogP contribution >= 0.6 is 11.6 Å². The standard InChI is InChI=1S/C31H33ClN2O7S/c1-5-40-31(36)29-22(3)34(16-17-39-4)30(35)28(29)18-25-12-13-26(41-25)20-33(19-23-8-6-21(2)7-9-23)42(37,38)27-14-10-24(32)11-15-27/h6-15,18H,5,16-17,19-20H2,1-4H3/b28-18+. The van der Waals surface area contributed by atoms with Crippen LogP contribution in [0.25, 0.3) is 6.08 Å². The molecule has 222 valence electrons. The molecule has 0 aliphatic carbocycles. The molecule has 3 aromatic rings. The summed E-state index contributed by atoms with van der Waals surface area (Å²) in [5.41, 5.74) is 2.62. The minimum absolute atomic E-state index is 0.0739. The molecular formula is C31H33ClN2O7S. The van der Waals surface area contributed by atoms with Crippen molar-refractivity contribution in [1.29, 1.82) is 0 Å². The topological polar surface area (TPSA) is 106 Å². The number of hydrogen-bond donors (Lipinski definition) is 0. The lowest BCUT2D eigenvalue weighted by Gasteiger charge is -2.21. The van der Waals surface area contributed by atoms with Crippen LogP contribution < -0.4 is 0 Å². The average Bonchev–Trinajstić information content (AvgIpc) is 3.49. The Kier molecular flexibility index (Phi) is 10.1. The molecule has 0 atom stereocenters. The third kappa shape index (κ3) is 7.01. The number of sulfonamides is 1. The lowest BCUT2D eigenvalue weighted by Crippen LogP contribution is -2.30. The van der Waals surface area contributed by atoms with Crippen LogP contribution in [0, 0.1) is 6.92 Å². The first-order chi connectivity index (χ1) is 20.0. The summed E-state index contributed by atoms with van der Waals surface area (Å²) in [4.78, 5) is 27.6. The fourth-order valence-electron chi connectivity index (χ4n) is 4.53. The van der Waals surface area contributed by atoms with Gasteiger partial charge in [0, 0.05) is 30.9 Å². The van der Waals surface area contributed by atoms with Gasteiger partial charge in [-0.05, 0) is 68.8 Å². The third-order valence-electron chi connectivity index (χ3n) is 6.74. The van der Waals surface area contributed by atoms with Crippen LogP contribution in [0.2, 0.25) is 5.02 Å². The summed E-state index contributed by atoms with van der Waals surface area (Å²) in [6, 6.07) is 16.9. The molecule has 0 saturated heterocycles. The second-order valence-corrected chi connectivity index (χ2v) is 12.1. The van der Waals surface area contributed by atoms with E-state index in [9.17, 15) is 18.0 Å². The van der Waals surface area contributed by atoms with E-state index in [0.717, 1.165) is 11.1 Å². The zero-order chi connectivity index (χ0) is 30.4. The summed E-state index contributed by atoms with van der Waals surface area (Å²) in [7, 11) is -2.41. The summed E-state index contributed by atoms with van der Waals surface area (Å²) >= 11 is 5.99. The van der Waals surface area contributed by atoms with Crippen molar-refractivity contribution in [3.8, 4) is 0 Å². The van der Waals surface area contributed by atoms with E-state index in [1.165, 1.54) is 46.7 Å². The zero-order valence-corrected chi connectivity index (χ0v) is 25.5. The predicted octanol–water partition coefficient (Wildman–Crippen LogP) is 5.34. The highest BCUT2D eigenvalue weighted by molar-refractivity contribution is 7.89. The molecular weight excluding hydrogens is 580 g/mol. The van der Waals surface area contributed by atoms with Gasteiger partial charge in [0.25, 0.3) is 5.91 Å².